The minimum Gasteiger partial charge on any atom is -0.352 e. The summed E-state index contributed by atoms with van der Waals surface area (Å²) >= 11 is 0. The van der Waals surface area contributed by atoms with E-state index in [9.17, 15) is 14.0 Å². The molecular weight excluding hydrogens is 343 g/mol. The molecule has 0 radical (unpaired) electrons. The molecule has 138 valence electrons. The molecule has 3 aromatic rings. The summed E-state index contributed by atoms with van der Waals surface area (Å²) in [5.41, 5.74) is 3.14. The van der Waals surface area contributed by atoms with Gasteiger partial charge < -0.3 is 10.3 Å². The Bertz CT molecular complexity index is 1080. The lowest BCUT2D eigenvalue weighted by Gasteiger charge is -2.07. The minimum absolute atomic E-state index is 0.153. The molecule has 0 atom stereocenters. The van der Waals surface area contributed by atoms with E-state index < -0.39 is 0 Å². The lowest BCUT2D eigenvalue weighted by atomic mass is 10.1. The molecule has 0 bridgehead atoms. The second kappa shape index (κ2) is 7.99. The molecule has 1 heterocycles. The first-order chi connectivity index (χ1) is 12.9. The van der Waals surface area contributed by atoms with Crippen molar-refractivity contribution >= 4 is 22.9 Å². The highest BCUT2D eigenvalue weighted by Crippen LogP contribution is 2.14. The van der Waals surface area contributed by atoms with Crippen molar-refractivity contribution in [2.45, 2.75) is 20.3 Å². The molecule has 0 aliphatic carbocycles. The Morgan fingerprint density at radius 1 is 1.19 bits per heavy atom. The van der Waals surface area contributed by atoms with Crippen LogP contribution in [0.4, 0.5) is 4.39 Å². The van der Waals surface area contributed by atoms with Gasteiger partial charge in [0, 0.05) is 28.8 Å². The van der Waals surface area contributed by atoms with Crippen LogP contribution in [0.1, 0.15) is 23.6 Å². The van der Waals surface area contributed by atoms with Crippen molar-refractivity contribution in [2.75, 3.05) is 6.54 Å². The van der Waals surface area contributed by atoms with E-state index in [0.29, 0.717) is 29.7 Å². The van der Waals surface area contributed by atoms with E-state index in [4.69, 9.17) is 0 Å². The van der Waals surface area contributed by atoms with Crippen LogP contribution in [0.5, 0.6) is 0 Å². The first kappa shape index (κ1) is 18.6. The summed E-state index contributed by atoms with van der Waals surface area (Å²) < 4.78 is 13.7. The van der Waals surface area contributed by atoms with Gasteiger partial charge in [0.2, 0.25) is 5.91 Å². The van der Waals surface area contributed by atoms with Crippen LogP contribution in [-0.4, -0.2) is 17.4 Å². The number of carbonyl (C=O) groups is 1. The fourth-order valence-electron chi connectivity index (χ4n) is 2.90. The Kier molecular flexibility index (Phi) is 5.50. The van der Waals surface area contributed by atoms with Crippen LogP contribution >= 0.6 is 0 Å². The van der Waals surface area contributed by atoms with Crippen molar-refractivity contribution in [2.24, 2.45) is 0 Å². The van der Waals surface area contributed by atoms with Gasteiger partial charge in [-0.1, -0.05) is 29.8 Å². The Hall–Kier alpha value is -3.21. The van der Waals surface area contributed by atoms with Crippen molar-refractivity contribution in [3.05, 3.63) is 87.0 Å². The molecule has 0 aliphatic heterocycles. The van der Waals surface area contributed by atoms with Gasteiger partial charge in [0.1, 0.15) is 5.82 Å². The van der Waals surface area contributed by atoms with Crippen LogP contribution in [0.3, 0.4) is 0 Å². The number of rotatable bonds is 5. The van der Waals surface area contributed by atoms with Crippen molar-refractivity contribution < 1.29 is 9.18 Å². The molecule has 0 aliphatic rings. The predicted octanol–water partition coefficient (Wildman–Crippen LogP) is 3.74. The molecule has 0 saturated heterocycles. The summed E-state index contributed by atoms with van der Waals surface area (Å²) in [7, 11) is 0. The number of fused-ring (bicyclic) bond motifs is 1. The van der Waals surface area contributed by atoms with Gasteiger partial charge in [-0.25, -0.2) is 4.39 Å². The van der Waals surface area contributed by atoms with E-state index in [2.05, 4.69) is 10.3 Å². The average molecular weight is 364 g/mol. The van der Waals surface area contributed by atoms with E-state index >= 15 is 0 Å². The van der Waals surface area contributed by atoms with Crippen LogP contribution in [0.25, 0.3) is 17.0 Å². The Balaban J connectivity index is 1.66. The van der Waals surface area contributed by atoms with Crippen molar-refractivity contribution in [1.82, 2.24) is 10.3 Å². The van der Waals surface area contributed by atoms with Gasteiger partial charge in [-0.05, 0) is 56.0 Å². The number of hydrogen-bond acceptors (Lipinski definition) is 2. The Morgan fingerprint density at radius 2 is 1.96 bits per heavy atom. The second-order valence-corrected chi connectivity index (χ2v) is 6.57. The molecule has 27 heavy (non-hydrogen) atoms. The van der Waals surface area contributed by atoms with Crippen molar-refractivity contribution in [3.8, 4) is 0 Å². The molecule has 5 heteroatoms. The van der Waals surface area contributed by atoms with Gasteiger partial charge in [0.25, 0.3) is 5.56 Å². The zero-order valence-corrected chi connectivity index (χ0v) is 15.3. The van der Waals surface area contributed by atoms with E-state index in [-0.39, 0.29) is 17.3 Å². The third-order valence-electron chi connectivity index (χ3n) is 4.39. The molecule has 0 fully saturated rings. The van der Waals surface area contributed by atoms with Crippen LogP contribution in [0.15, 0.2) is 58.9 Å². The van der Waals surface area contributed by atoms with Crippen LogP contribution < -0.4 is 10.9 Å². The summed E-state index contributed by atoms with van der Waals surface area (Å²) in [6.07, 6.45) is 1.92. The molecule has 0 unspecified atom stereocenters. The quantitative estimate of drug-likeness (QED) is 0.678. The normalized spacial score (nSPS) is 11.6. The maximum atomic E-state index is 13.7. The third-order valence-corrected chi connectivity index (χ3v) is 4.39. The number of hydrogen-bond donors (Lipinski definition) is 2. The second-order valence-electron chi connectivity index (χ2n) is 6.57. The SMILES string of the molecule is C/C(=C\c1ccccc1F)C(=O)NCCc1cc2cc(C)ccc2[nH]c1=O. The first-order valence-electron chi connectivity index (χ1n) is 8.77. The van der Waals surface area contributed by atoms with Crippen molar-refractivity contribution in [3.63, 3.8) is 0 Å². The molecule has 0 spiro atoms. The van der Waals surface area contributed by atoms with Gasteiger partial charge in [0.05, 0.1) is 0 Å². The standard InChI is InChI=1S/C22H21FN2O2/c1-14-7-8-20-18(11-14)13-17(22(27)25-20)9-10-24-21(26)15(2)12-16-5-3-4-6-19(16)23/h3-8,11-13H,9-10H2,1-2H3,(H,24,26)(H,25,27)/b15-12+. The van der Waals surface area contributed by atoms with Crippen LogP contribution in [-0.2, 0) is 11.2 Å². The van der Waals surface area contributed by atoms with Gasteiger partial charge in [-0.3, -0.25) is 9.59 Å². The molecule has 0 saturated carbocycles. The monoisotopic (exact) mass is 364 g/mol. The number of halogens is 1. The highest BCUT2D eigenvalue weighted by molar-refractivity contribution is 5.97. The molecule has 1 aromatic heterocycles. The van der Waals surface area contributed by atoms with Gasteiger partial charge in [-0.2, -0.15) is 0 Å². The number of H-pyrrole nitrogens is 1. The fourth-order valence-corrected chi connectivity index (χ4v) is 2.90. The zero-order valence-electron chi connectivity index (χ0n) is 15.3. The van der Waals surface area contributed by atoms with Crippen LogP contribution in [0.2, 0.25) is 0 Å². The van der Waals surface area contributed by atoms with E-state index in [1.54, 1.807) is 25.1 Å². The molecule has 1 amide bonds. The summed E-state index contributed by atoms with van der Waals surface area (Å²) in [4.78, 5) is 27.3. The summed E-state index contributed by atoms with van der Waals surface area (Å²) in [5.74, 6) is -0.658. The molecule has 4 nitrogen and oxygen atoms in total. The number of nitrogens with one attached hydrogen (secondary N) is 2. The van der Waals surface area contributed by atoms with Crippen molar-refractivity contribution in [1.29, 1.82) is 0 Å². The number of benzene rings is 2. The smallest absolute Gasteiger partial charge is 0.251 e. The first-order valence-corrected chi connectivity index (χ1v) is 8.77. The highest BCUT2D eigenvalue weighted by atomic mass is 19.1. The van der Waals surface area contributed by atoms with Crippen LogP contribution in [0, 0.1) is 12.7 Å². The topological polar surface area (TPSA) is 62.0 Å². The number of aryl methyl sites for hydroxylation is 1. The number of carbonyl (C=O) groups excluding carboxylic acids is 1. The van der Waals surface area contributed by atoms with Gasteiger partial charge in [0.15, 0.2) is 0 Å². The average Bonchev–Trinajstić information content (AvgIpc) is 2.64. The largest absolute Gasteiger partial charge is 0.352 e. The summed E-state index contributed by atoms with van der Waals surface area (Å²) in [6, 6.07) is 14.0. The maximum Gasteiger partial charge on any atom is 0.251 e. The summed E-state index contributed by atoms with van der Waals surface area (Å²) in [5, 5.41) is 3.74. The maximum absolute atomic E-state index is 13.7. The molecule has 3 rings (SSSR count). The Morgan fingerprint density at radius 3 is 2.74 bits per heavy atom. The van der Waals surface area contributed by atoms with E-state index in [1.807, 2.05) is 31.2 Å². The lowest BCUT2D eigenvalue weighted by Crippen LogP contribution is -2.28. The van der Waals surface area contributed by atoms with Gasteiger partial charge in [-0.15, -0.1) is 0 Å². The number of aromatic amines is 1. The van der Waals surface area contributed by atoms with E-state index in [0.717, 1.165) is 16.5 Å². The van der Waals surface area contributed by atoms with Gasteiger partial charge >= 0.3 is 0 Å². The minimum atomic E-state index is -0.373. The highest BCUT2D eigenvalue weighted by Gasteiger charge is 2.08. The predicted molar refractivity (Wildman–Crippen MR) is 106 cm³/mol. The molecule has 2 N–H and O–H groups in total. The Labute approximate surface area is 156 Å². The number of aromatic nitrogens is 1. The molecular formula is C22H21FN2O2. The third kappa shape index (κ3) is 4.50. The molecule has 2 aromatic carbocycles. The summed E-state index contributed by atoms with van der Waals surface area (Å²) in [6.45, 7) is 3.95. The van der Waals surface area contributed by atoms with E-state index in [1.165, 1.54) is 12.1 Å². The fraction of sp³-hybridized carbons (Fsp3) is 0.182. The lowest BCUT2D eigenvalue weighted by molar-refractivity contribution is -0.117. The zero-order chi connectivity index (χ0) is 19.4. The number of amides is 1. The number of pyridine rings is 1.